The third-order valence-corrected chi connectivity index (χ3v) is 2.54. The molecule has 2 aromatic heterocycles. The SMILES string of the molecule is CCn1cc(-c2cncn2CC(C)(C)N)cn1. The minimum atomic E-state index is -0.254. The summed E-state index contributed by atoms with van der Waals surface area (Å²) in [6.07, 6.45) is 7.55. The van der Waals surface area contributed by atoms with Crippen LogP contribution in [0.2, 0.25) is 0 Å². The molecular weight excluding hydrogens is 214 g/mol. The van der Waals surface area contributed by atoms with E-state index in [0.717, 1.165) is 24.3 Å². The summed E-state index contributed by atoms with van der Waals surface area (Å²) < 4.78 is 3.97. The van der Waals surface area contributed by atoms with Crippen LogP contribution in [0, 0.1) is 0 Å². The molecular formula is C12H19N5. The van der Waals surface area contributed by atoms with Gasteiger partial charge in [0, 0.05) is 30.4 Å². The predicted octanol–water partition coefficient (Wildman–Crippen LogP) is 1.50. The van der Waals surface area contributed by atoms with Crippen LogP contribution in [0.1, 0.15) is 20.8 Å². The van der Waals surface area contributed by atoms with Crippen LogP contribution in [0.15, 0.2) is 24.9 Å². The van der Waals surface area contributed by atoms with E-state index in [2.05, 4.69) is 21.6 Å². The third-order valence-electron chi connectivity index (χ3n) is 2.54. The van der Waals surface area contributed by atoms with Crippen molar-refractivity contribution in [3.63, 3.8) is 0 Å². The lowest BCUT2D eigenvalue weighted by Crippen LogP contribution is -2.37. The molecule has 0 aliphatic carbocycles. The van der Waals surface area contributed by atoms with Gasteiger partial charge < -0.3 is 10.3 Å². The van der Waals surface area contributed by atoms with Crippen molar-refractivity contribution in [2.24, 2.45) is 5.73 Å². The van der Waals surface area contributed by atoms with Gasteiger partial charge in [-0.05, 0) is 20.8 Å². The Bertz CT molecular complexity index is 489. The average Bonchev–Trinajstić information content (AvgIpc) is 2.82. The van der Waals surface area contributed by atoms with E-state index in [1.54, 1.807) is 0 Å². The first-order valence-electron chi connectivity index (χ1n) is 5.81. The summed E-state index contributed by atoms with van der Waals surface area (Å²) in [4.78, 5) is 4.19. The molecule has 2 aromatic rings. The predicted molar refractivity (Wildman–Crippen MR) is 67.4 cm³/mol. The second kappa shape index (κ2) is 4.33. The highest BCUT2D eigenvalue weighted by atomic mass is 15.3. The number of imidazole rings is 1. The van der Waals surface area contributed by atoms with Gasteiger partial charge in [-0.25, -0.2) is 4.98 Å². The Morgan fingerprint density at radius 2 is 2.12 bits per heavy atom. The van der Waals surface area contributed by atoms with Crippen molar-refractivity contribution in [3.8, 4) is 11.3 Å². The van der Waals surface area contributed by atoms with Crippen LogP contribution >= 0.6 is 0 Å². The molecule has 5 heteroatoms. The number of aromatic nitrogens is 4. The lowest BCUT2D eigenvalue weighted by atomic mass is 10.1. The van der Waals surface area contributed by atoms with E-state index in [1.165, 1.54) is 0 Å². The Balaban J connectivity index is 2.30. The summed E-state index contributed by atoms with van der Waals surface area (Å²) in [5.74, 6) is 0. The molecule has 0 spiro atoms. The Morgan fingerprint density at radius 3 is 2.71 bits per heavy atom. The maximum Gasteiger partial charge on any atom is 0.0951 e. The molecule has 0 saturated heterocycles. The zero-order chi connectivity index (χ0) is 12.5. The number of aryl methyl sites for hydroxylation is 1. The number of hydrogen-bond acceptors (Lipinski definition) is 3. The second-order valence-electron chi connectivity index (χ2n) is 4.98. The first-order valence-corrected chi connectivity index (χ1v) is 5.81. The summed E-state index contributed by atoms with van der Waals surface area (Å²) in [7, 11) is 0. The van der Waals surface area contributed by atoms with Gasteiger partial charge in [-0.3, -0.25) is 4.68 Å². The van der Waals surface area contributed by atoms with E-state index in [9.17, 15) is 0 Å². The van der Waals surface area contributed by atoms with Gasteiger partial charge in [0.2, 0.25) is 0 Å². The van der Waals surface area contributed by atoms with Crippen LogP contribution in [0.4, 0.5) is 0 Å². The fraction of sp³-hybridized carbons (Fsp3) is 0.500. The molecule has 0 fully saturated rings. The lowest BCUT2D eigenvalue weighted by Gasteiger charge is -2.20. The van der Waals surface area contributed by atoms with Gasteiger partial charge in [-0.2, -0.15) is 5.10 Å². The number of rotatable bonds is 4. The highest BCUT2D eigenvalue weighted by molar-refractivity contribution is 5.56. The first-order chi connectivity index (χ1) is 7.99. The van der Waals surface area contributed by atoms with E-state index < -0.39 is 0 Å². The average molecular weight is 233 g/mol. The van der Waals surface area contributed by atoms with Gasteiger partial charge in [0.05, 0.1) is 24.4 Å². The van der Waals surface area contributed by atoms with E-state index in [0.29, 0.717) is 0 Å². The Hall–Kier alpha value is -1.62. The van der Waals surface area contributed by atoms with E-state index in [4.69, 9.17) is 5.73 Å². The van der Waals surface area contributed by atoms with Crippen molar-refractivity contribution >= 4 is 0 Å². The van der Waals surface area contributed by atoms with Crippen LogP contribution in [0.5, 0.6) is 0 Å². The van der Waals surface area contributed by atoms with Gasteiger partial charge in [-0.1, -0.05) is 0 Å². The Morgan fingerprint density at radius 1 is 1.35 bits per heavy atom. The van der Waals surface area contributed by atoms with Crippen molar-refractivity contribution in [2.45, 2.75) is 39.4 Å². The van der Waals surface area contributed by atoms with E-state index in [-0.39, 0.29) is 5.54 Å². The highest BCUT2D eigenvalue weighted by Gasteiger charge is 2.15. The minimum Gasteiger partial charge on any atom is -0.329 e. The number of hydrogen-bond donors (Lipinski definition) is 1. The molecule has 0 unspecified atom stereocenters. The van der Waals surface area contributed by atoms with Crippen molar-refractivity contribution in [1.82, 2.24) is 19.3 Å². The fourth-order valence-corrected chi connectivity index (χ4v) is 1.79. The maximum absolute atomic E-state index is 6.04. The smallest absolute Gasteiger partial charge is 0.0951 e. The normalized spacial score (nSPS) is 12.0. The zero-order valence-corrected chi connectivity index (χ0v) is 10.6. The molecule has 2 heterocycles. The molecule has 0 bridgehead atoms. The van der Waals surface area contributed by atoms with E-state index in [1.807, 2.05) is 43.4 Å². The molecule has 92 valence electrons. The summed E-state index contributed by atoms with van der Waals surface area (Å²) in [6, 6.07) is 0. The van der Waals surface area contributed by atoms with Crippen molar-refractivity contribution < 1.29 is 0 Å². The standard InChI is InChI=1S/C12H19N5/c1-4-17-7-10(5-15-17)11-6-14-9-16(11)8-12(2,3)13/h5-7,9H,4,8,13H2,1-3H3. The lowest BCUT2D eigenvalue weighted by molar-refractivity contribution is 0.436. The Kier molecular flexibility index (Phi) is 3.02. The van der Waals surface area contributed by atoms with Crippen molar-refractivity contribution in [3.05, 3.63) is 24.9 Å². The van der Waals surface area contributed by atoms with Crippen LogP contribution in [0.3, 0.4) is 0 Å². The summed E-state index contributed by atoms with van der Waals surface area (Å²) >= 11 is 0. The molecule has 2 N–H and O–H groups in total. The van der Waals surface area contributed by atoms with Gasteiger partial charge in [0.1, 0.15) is 0 Å². The largest absolute Gasteiger partial charge is 0.329 e. The molecule has 0 saturated carbocycles. The van der Waals surface area contributed by atoms with Crippen molar-refractivity contribution in [1.29, 1.82) is 0 Å². The van der Waals surface area contributed by atoms with Crippen LogP contribution in [-0.2, 0) is 13.1 Å². The third kappa shape index (κ3) is 2.74. The number of nitrogens with two attached hydrogens (primary N) is 1. The van der Waals surface area contributed by atoms with E-state index >= 15 is 0 Å². The molecule has 0 aromatic carbocycles. The molecule has 5 nitrogen and oxygen atoms in total. The Labute approximate surface area is 101 Å². The molecule has 2 rings (SSSR count). The summed E-state index contributed by atoms with van der Waals surface area (Å²) in [5, 5.41) is 4.27. The quantitative estimate of drug-likeness (QED) is 0.870. The van der Waals surface area contributed by atoms with Crippen LogP contribution in [-0.4, -0.2) is 24.9 Å². The summed E-state index contributed by atoms with van der Waals surface area (Å²) in [6.45, 7) is 7.69. The van der Waals surface area contributed by atoms with Gasteiger partial charge in [0.15, 0.2) is 0 Å². The van der Waals surface area contributed by atoms with Gasteiger partial charge in [-0.15, -0.1) is 0 Å². The summed E-state index contributed by atoms with van der Waals surface area (Å²) in [5.41, 5.74) is 7.92. The van der Waals surface area contributed by atoms with Crippen LogP contribution in [0.25, 0.3) is 11.3 Å². The fourth-order valence-electron chi connectivity index (χ4n) is 1.79. The molecule has 0 atom stereocenters. The molecule has 0 aliphatic heterocycles. The van der Waals surface area contributed by atoms with Gasteiger partial charge >= 0.3 is 0 Å². The second-order valence-corrected chi connectivity index (χ2v) is 4.98. The molecule has 0 radical (unpaired) electrons. The topological polar surface area (TPSA) is 61.7 Å². The monoisotopic (exact) mass is 233 g/mol. The van der Waals surface area contributed by atoms with Gasteiger partial charge in [0.25, 0.3) is 0 Å². The van der Waals surface area contributed by atoms with Crippen molar-refractivity contribution in [2.75, 3.05) is 0 Å². The molecule has 0 aliphatic rings. The van der Waals surface area contributed by atoms with Crippen LogP contribution < -0.4 is 5.73 Å². The minimum absolute atomic E-state index is 0.254. The highest BCUT2D eigenvalue weighted by Crippen LogP contribution is 2.19. The zero-order valence-electron chi connectivity index (χ0n) is 10.6. The first kappa shape index (κ1) is 11.9. The maximum atomic E-state index is 6.04. The number of nitrogens with zero attached hydrogens (tertiary/aromatic N) is 4. The molecule has 17 heavy (non-hydrogen) atoms. The molecule has 0 amide bonds.